The minimum absolute atomic E-state index is 0. The molecule has 1 aromatic carbocycles. The summed E-state index contributed by atoms with van der Waals surface area (Å²) in [5.41, 5.74) is 2.61. The van der Waals surface area contributed by atoms with Crippen LogP contribution in [0, 0.1) is 12.7 Å². The Balaban J connectivity index is 0.00000256. The van der Waals surface area contributed by atoms with E-state index in [0.29, 0.717) is 28.6 Å². The summed E-state index contributed by atoms with van der Waals surface area (Å²) in [6, 6.07) is 10.1. The van der Waals surface area contributed by atoms with Crippen LogP contribution in [0.5, 0.6) is 0 Å². The normalized spacial score (nSPS) is 11.2. The molecule has 0 aliphatic carbocycles. The Kier molecular flexibility index (Phi) is 6.70. The average Bonchev–Trinajstić information content (AvgIpc) is 3.23. The van der Waals surface area contributed by atoms with Gasteiger partial charge in [0.2, 0.25) is 0 Å². The van der Waals surface area contributed by atoms with Crippen molar-refractivity contribution >= 4 is 50.6 Å². The first-order valence-electron chi connectivity index (χ1n) is 9.40. The number of imidazole rings is 1. The third-order valence-corrected chi connectivity index (χ3v) is 5.75. The maximum atomic E-state index is 13.6. The molecule has 0 saturated heterocycles. The molecule has 0 aliphatic rings. The van der Waals surface area contributed by atoms with Crippen LogP contribution in [0.25, 0.3) is 15.9 Å². The Morgan fingerprint density at radius 2 is 1.97 bits per heavy atom. The Hall–Kier alpha value is -2.55. The van der Waals surface area contributed by atoms with Crippen LogP contribution in [0.15, 0.2) is 42.6 Å². The van der Waals surface area contributed by atoms with Gasteiger partial charge in [0.1, 0.15) is 17.2 Å². The van der Waals surface area contributed by atoms with Crippen molar-refractivity contribution in [3.05, 3.63) is 59.8 Å². The number of aryl methyl sites for hydroxylation is 1. The van der Waals surface area contributed by atoms with E-state index in [2.05, 4.69) is 14.9 Å². The zero-order valence-electron chi connectivity index (χ0n) is 17.0. The molecule has 4 rings (SSSR count). The van der Waals surface area contributed by atoms with Crippen molar-refractivity contribution in [2.75, 3.05) is 32.1 Å². The lowest BCUT2D eigenvalue weighted by molar-refractivity contribution is 0.0979. The van der Waals surface area contributed by atoms with Crippen molar-refractivity contribution in [2.45, 2.75) is 13.3 Å². The van der Waals surface area contributed by atoms with Crippen LogP contribution in [0.3, 0.4) is 0 Å². The van der Waals surface area contributed by atoms with Crippen LogP contribution in [0.4, 0.5) is 9.52 Å². The number of rotatable bonds is 6. The fraction of sp³-hybridized carbons (Fsp3) is 0.286. The van der Waals surface area contributed by atoms with Gasteiger partial charge < -0.3 is 4.90 Å². The number of fused-ring (bicyclic) bond motifs is 2. The molecular formula is C21H23ClFN5OS. The number of carbonyl (C=O) groups is 1. The Morgan fingerprint density at radius 3 is 2.73 bits per heavy atom. The van der Waals surface area contributed by atoms with E-state index in [1.807, 2.05) is 49.8 Å². The van der Waals surface area contributed by atoms with Crippen molar-refractivity contribution in [1.29, 1.82) is 0 Å². The van der Waals surface area contributed by atoms with E-state index in [0.717, 1.165) is 23.3 Å². The van der Waals surface area contributed by atoms with E-state index < -0.39 is 0 Å². The maximum absolute atomic E-state index is 13.6. The first-order chi connectivity index (χ1) is 13.9. The molecule has 0 bridgehead atoms. The summed E-state index contributed by atoms with van der Waals surface area (Å²) >= 11 is 1.33. The monoisotopic (exact) mass is 447 g/mol. The number of nitrogens with zero attached hydrogens (tertiary/aromatic N) is 5. The topological polar surface area (TPSA) is 53.7 Å². The summed E-state index contributed by atoms with van der Waals surface area (Å²) in [5.74, 6) is -0.463. The van der Waals surface area contributed by atoms with Gasteiger partial charge in [0.25, 0.3) is 5.91 Å². The zero-order chi connectivity index (χ0) is 20.5. The van der Waals surface area contributed by atoms with Gasteiger partial charge in [-0.25, -0.2) is 14.4 Å². The molecule has 0 aliphatic heterocycles. The molecule has 4 aromatic rings. The fourth-order valence-corrected chi connectivity index (χ4v) is 4.34. The predicted molar refractivity (Wildman–Crippen MR) is 122 cm³/mol. The van der Waals surface area contributed by atoms with Crippen molar-refractivity contribution in [3.63, 3.8) is 0 Å². The second kappa shape index (κ2) is 9.07. The van der Waals surface area contributed by atoms with Gasteiger partial charge in [-0.3, -0.25) is 14.1 Å². The molecular weight excluding hydrogens is 425 g/mol. The molecule has 0 N–H and O–H groups in total. The van der Waals surface area contributed by atoms with E-state index in [-0.39, 0.29) is 24.1 Å². The lowest BCUT2D eigenvalue weighted by Crippen LogP contribution is -2.34. The predicted octanol–water partition coefficient (Wildman–Crippen LogP) is 4.41. The third-order valence-electron chi connectivity index (χ3n) is 4.71. The molecule has 158 valence electrons. The van der Waals surface area contributed by atoms with Crippen LogP contribution in [-0.2, 0) is 0 Å². The van der Waals surface area contributed by atoms with E-state index in [1.54, 1.807) is 11.0 Å². The van der Waals surface area contributed by atoms with Crippen molar-refractivity contribution in [2.24, 2.45) is 0 Å². The highest BCUT2D eigenvalue weighted by Crippen LogP contribution is 2.31. The van der Waals surface area contributed by atoms with Crippen LogP contribution >= 0.6 is 23.7 Å². The number of halogens is 2. The van der Waals surface area contributed by atoms with Crippen LogP contribution in [-0.4, -0.2) is 52.4 Å². The van der Waals surface area contributed by atoms with Gasteiger partial charge in [-0.1, -0.05) is 17.4 Å². The molecule has 0 unspecified atom stereocenters. The number of anilines is 1. The molecule has 0 saturated carbocycles. The van der Waals surface area contributed by atoms with Gasteiger partial charge in [0.15, 0.2) is 5.13 Å². The lowest BCUT2D eigenvalue weighted by Gasteiger charge is -2.21. The number of aromatic nitrogens is 3. The molecule has 0 atom stereocenters. The number of benzene rings is 1. The van der Waals surface area contributed by atoms with Gasteiger partial charge in [-0.2, -0.15) is 0 Å². The lowest BCUT2D eigenvalue weighted by atomic mass is 10.3. The van der Waals surface area contributed by atoms with E-state index >= 15 is 0 Å². The Labute approximate surface area is 184 Å². The minimum atomic E-state index is -0.309. The molecule has 3 heterocycles. The quantitative estimate of drug-likeness (QED) is 0.439. The number of hydrogen-bond acceptors (Lipinski definition) is 5. The first-order valence-corrected chi connectivity index (χ1v) is 10.2. The molecule has 0 spiro atoms. The molecule has 6 nitrogen and oxygen atoms in total. The van der Waals surface area contributed by atoms with Crippen LogP contribution in [0.1, 0.15) is 22.6 Å². The first kappa shape index (κ1) is 22.1. The molecule has 30 heavy (non-hydrogen) atoms. The number of hydrogen-bond donors (Lipinski definition) is 0. The minimum Gasteiger partial charge on any atom is -0.309 e. The van der Waals surface area contributed by atoms with E-state index in [1.165, 1.54) is 23.5 Å². The summed E-state index contributed by atoms with van der Waals surface area (Å²) in [4.78, 5) is 26.5. The maximum Gasteiger partial charge on any atom is 0.278 e. The van der Waals surface area contributed by atoms with Crippen molar-refractivity contribution in [1.82, 2.24) is 19.3 Å². The number of carbonyl (C=O) groups excluding carboxylic acids is 1. The molecule has 1 amide bonds. The molecule has 9 heteroatoms. The van der Waals surface area contributed by atoms with Crippen molar-refractivity contribution in [3.8, 4) is 0 Å². The van der Waals surface area contributed by atoms with Crippen LogP contribution < -0.4 is 4.90 Å². The number of thiazole rings is 1. The van der Waals surface area contributed by atoms with Crippen LogP contribution in [0.2, 0.25) is 0 Å². The second-order valence-electron chi connectivity index (χ2n) is 7.20. The third kappa shape index (κ3) is 4.30. The number of pyridine rings is 1. The molecule has 0 radical (unpaired) electrons. The smallest absolute Gasteiger partial charge is 0.278 e. The zero-order valence-corrected chi connectivity index (χ0v) is 18.6. The molecule has 3 aromatic heterocycles. The van der Waals surface area contributed by atoms with Crippen molar-refractivity contribution < 1.29 is 9.18 Å². The Bertz CT molecular complexity index is 1190. The van der Waals surface area contributed by atoms with E-state index in [4.69, 9.17) is 0 Å². The SMILES string of the molecule is Cc1nc2ccccn2c1C(=O)N(CCCN(C)C)c1nc2ccc(F)cc2s1.Cl. The molecule has 0 fully saturated rings. The summed E-state index contributed by atoms with van der Waals surface area (Å²) in [7, 11) is 4.00. The van der Waals surface area contributed by atoms with Gasteiger partial charge in [-0.05, 0) is 64.3 Å². The standard InChI is InChI=1S/C21H22FN5OS.ClH/c1-14-19(26-11-5-4-7-18(26)23-14)20(28)27(12-6-10-25(2)3)21-24-16-9-8-15(22)13-17(16)29-21;/h4-5,7-9,11,13H,6,10,12H2,1-3H3;1H. The van der Waals surface area contributed by atoms with Gasteiger partial charge in [-0.15, -0.1) is 12.4 Å². The highest BCUT2D eigenvalue weighted by Gasteiger charge is 2.26. The van der Waals surface area contributed by atoms with Gasteiger partial charge in [0.05, 0.1) is 15.9 Å². The average molecular weight is 448 g/mol. The second-order valence-corrected chi connectivity index (χ2v) is 8.21. The summed E-state index contributed by atoms with van der Waals surface area (Å²) in [6.45, 7) is 3.19. The summed E-state index contributed by atoms with van der Waals surface area (Å²) < 4.78 is 16.2. The fourth-order valence-electron chi connectivity index (χ4n) is 3.33. The largest absolute Gasteiger partial charge is 0.309 e. The highest BCUT2D eigenvalue weighted by atomic mass is 35.5. The highest BCUT2D eigenvalue weighted by molar-refractivity contribution is 7.22. The summed E-state index contributed by atoms with van der Waals surface area (Å²) in [5, 5.41) is 0.569. The van der Waals surface area contributed by atoms with E-state index in [9.17, 15) is 9.18 Å². The Morgan fingerprint density at radius 1 is 1.17 bits per heavy atom. The number of amides is 1. The summed E-state index contributed by atoms with van der Waals surface area (Å²) in [6.07, 6.45) is 2.63. The van der Waals surface area contributed by atoms with Gasteiger partial charge in [0, 0.05) is 12.7 Å². The van der Waals surface area contributed by atoms with Gasteiger partial charge >= 0.3 is 0 Å².